The number of carboxylic acid groups (broad SMARTS) is 1. The fraction of sp³-hybridized carbons (Fsp3) is 0.231. The number of carboxylic acids is 1. The summed E-state index contributed by atoms with van der Waals surface area (Å²) < 4.78 is 5.30. The van der Waals surface area contributed by atoms with Crippen molar-refractivity contribution in [3.8, 4) is 11.5 Å². The standard InChI is InChI=1S/C13H13NO3/c1-3-10-11(13(15)16)17-12(14-10)9-6-4-5-8(2)7-9/h4-7H,3H2,1-2H3,(H,15,16). The second-order valence-electron chi connectivity index (χ2n) is 3.82. The summed E-state index contributed by atoms with van der Waals surface area (Å²) in [6.07, 6.45) is 0.539. The third-order valence-corrected chi connectivity index (χ3v) is 2.49. The number of rotatable bonds is 3. The minimum absolute atomic E-state index is 0.0657. The minimum Gasteiger partial charge on any atom is -0.475 e. The Morgan fingerprint density at radius 1 is 1.47 bits per heavy atom. The largest absolute Gasteiger partial charge is 0.475 e. The highest BCUT2D eigenvalue weighted by Gasteiger charge is 2.18. The van der Waals surface area contributed by atoms with Crippen LogP contribution in [0.2, 0.25) is 0 Å². The number of benzene rings is 1. The molecule has 17 heavy (non-hydrogen) atoms. The van der Waals surface area contributed by atoms with Gasteiger partial charge in [0.05, 0.1) is 5.69 Å². The van der Waals surface area contributed by atoms with Crippen molar-refractivity contribution in [2.75, 3.05) is 0 Å². The van der Waals surface area contributed by atoms with E-state index >= 15 is 0 Å². The van der Waals surface area contributed by atoms with Gasteiger partial charge in [0.2, 0.25) is 11.7 Å². The van der Waals surface area contributed by atoms with Gasteiger partial charge in [0.1, 0.15) is 0 Å². The van der Waals surface area contributed by atoms with Crippen LogP contribution in [0.1, 0.15) is 28.7 Å². The molecular formula is C13H13NO3. The lowest BCUT2D eigenvalue weighted by atomic mass is 10.1. The Hall–Kier alpha value is -2.10. The van der Waals surface area contributed by atoms with Gasteiger partial charge >= 0.3 is 5.97 Å². The third kappa shape index (κ3) is 2.20. The number of carbonyl (C=O) groups is 1. The smallest absolute Gasteiger partial charge is 0.373 e. The molecule has 0 saturated heterocycles. The molecule has 1 aromatic carbocycles. The van der Waals surface area contributed by atoms with Crippen LogP contribution >= 0.6 is 0 Å². The Morgan fingerprint density at radius 2 is 2.24 bits per heavy atom. The van der Waals surface area contributed by atoms with Crippen LogP contribution in [0.4, 0.5) is 0 Å². The molecule has 2 rings (SSSR count). The molecule has 0 amide bonds. The second kappa shape index (κ2) is 4.41. The second-order valence-corrected chi connectivity index (χ2v) is 3.82. The first-order chi connectivity index (χ1) is 8.11. The molecule has 88 valence electrons. The summed E-state index contributed by atoms with van der Waals surface area (Å²) in [7, 11) is 0. The number of hydrogen-bond acceptors (Lipinski definition) is 3. The molecule has 0 aliphatic rings. The van der Waals surface area contributed by atoms with Gasteiger partial charge in [-0.15, -0.1) is 0 Å². The Morgan fingerprint density at radius 3 is 2.76 bits per heavy atom. The molecule has 0 aliphatic heterocycles. The predicted octanol–water partition coefficient (Wildman–Crippen LogP) is 2.91. The Kier molecular flexibility index (Phi) is 2.95. The van der Waals surface area contributed by atoms with Gasteiger partial charge in [0, 0.05) is 5.56 Å². The van der Waals surface area contributed by atoms with Gasteiger partial charge in [0.15, 0.2) is 0 Å². The molecule has 0 atom stereocenters. The monoisotopic (exact) mass is 231 g/mol. The highest BCUT2D eigenvalue weighted by Crippen LogP contribution is 2.23. The number of aryl methyl sites for hydroxylation is 2. The molecule has 0 fully saturated rings. The van der Waals surface area contributed by atoms with Crippen molar-refractivity contribution in [3.05, 3.63) is 41.3 Å². The first kappa shape index (κ1) is 11.4. The van der Waals surface area contributed by atoms with Crippen molar-refractivity contribution in [1.29, 1.82) is 0 Å². The molecular weight excluding hydrogens is 218 g/mol. The number of aromatic nitrogens is 1. The highest BCUT2D eigenvalue weighted by molar-refractivity contribution is 5.86. The molecule has 0 spiro atoms. The van der Waals surface area contributed by atoms with Crippen LogP contribution < -0.4 is 0 Å². The lowest BCUT2D eigenvalue weighted by molar-refractivity contribution is 0.0662. The van der Waals surface area contributed by atoms with Crippen molar-refractivity contribution in [2.45, 2.75) is 20.3 Å². The summed E-state index contributed by atoms with van der Waals surface area (Å²) in [5.74, 6) is -0.778. The van der Waals surface area contributed by atoms with Crippen molar-refractivity contribution >= 4 is 5.97 Å². The molecule has 0 radical (unpaired) electrons. The fourth-order valence-electron chi connectivity index (χ4n) is 1.66. The molecule has 0 aliphatic carbocycles. The van der Waals surface area contributed by atoms with E-state index in [4.69, 9.17) is 9.52 Å². The first-order valence-corrected chi connectivity index (χ1v) is 5.42. The average Bonchev–Trinajstić information content (AvgIpc) is 2.73. The van der Waals surface area contributed by atoms with Crippen LogP contribution in [-0.2, 0) is 6.42 Å². The van der Waals surface area contributed by atoms with E-state index in [9.17, 15) is 4.79 Å². The molecule has 1 heterocycles. The van der Waals surface area contributed by atoms with Gasteiger partial charge < -0.3 is 9.52 Å². The van der Waals surface area contributed by atoms with E-state index < -0.39 is 5.97 Å². The Balaban J connectivity index is 2.50. The lowest BCUT2D eigenvalue weighted by Gasteiger charge is -1.96. The van der Waals surface area contributed by atoms with Gasteiger partial charge in [-0.1, -0.05) is 24.6 Å². The van der Waals surface area contributed by atoms with E-state index in [2.05, 4.69) is 4.98 Å². The zero-order valence-corrected chi connectivity index (χ0v) is 9.73. The van der Waals surface area contributed by atoms with E-state index in [1.54, 1.807) is 0 Å². The lowest BCUT2D eigenvalue weighted by Crippen LogP contribution is -1.98. The average molecular weight is 231 g/mol. The molecule has 0 bridgehead atoms. The van der Waals surface area contributed by atoms with Crippen LogP contribution in [0.25, 0.3) is 11.5 Å². The summed E-state index contributed by atoms with van der Waals surface area (Å²) >= 11 is 0. The maximum Gasteiger partial charge on any atom is 0.373 e. The van der Waals surface area contributed by atoms with Gasteiger partial charge in [-0.05, 0) is 25.5 Å². The topological polar surface area (TPSA) is 63.3 Å². The van der Waals surface area contributed by atoms with Gasteiger partial charge in [-0.3, -0.25) is 0 Å². The molecule has 0 saturated carbocycles. The minimum atomic E-state index is -1.08. The van der Waals surface area contributed by atoms with E-state index in [1.165, 1.54) is 0 Å². The summed E-state index contributed by atoms with van der Waals surface area (Å²) in [5, 5.41) is 8.98. The summed E-state index contributed by atoms with van der Waals surface area (Å²) in [5.41, 5.74) is 2.36. The third-order valence-electron chi connectivity index (χ3n) is 2.49. The zero-order valence-electron chi connectivity index (χ0n) is 9.73. The Labute approximate surface area is 98.9 Å². The van der Waals surface area contributed by atoms with Crippen molar-refractivity contribution in [3.63, 3.8) is 0 Å². The molecule has 2 aromatic rings. The maximum absolute atomic E-state index is 11.0. The highest BCUT2D eigenvalue weighted by atomic mass is 16.4. The predicted molar refractivity (Wildman–Crippen MR) is 63.0 cm³/mol. The number of aromatic carboxylic acids is 1. The van der Waals surface area contributed by atoms with Crippen LogP contribution in [0.15, 0.2) is 28.7 Å². The van der Waals surface area contributed by atoms with Gasteiger partial charge in [-0.2, -0.15) is 0 Å². The van der Waals surface area contributed by atoms with Crippen LogP contribution in [0.3, 0.4) is 0 Å². The maximum atomic E-state index is 11.0. The van der Waals surface area contributed by atoms with Gasteiger partial charge in [-0.25, -0.2) is 9.78 Å². The van der Waals surface area contributed by atoms with Crippen molar-refractivity contribution in [1.82, 2.24) is 4.98 Å². The van der Waals surface area contributed by atoms with Crippen molar-refractivity contribution in [2.24, 2.45) is 0 Å². The van der Waals surface area contributed by atoms with Gasteiger partial charge in [0.25, 0.3) is 0 Å². The molecule has 1 aromatic heterocycles. The molecule has 4 heteroatoms. The number of hydrogen-bond donors (Lipinski definition) is 1. The van der Waals surface area contributed by atoms with E-state index in [-0.39, 0.29) is 5.76 Å². The molecule has 1 N–H and O–H groups in total. The van der Waals surface area contributed by atoms with Crippen LogP contribution in [-0.4, -0.2) is 16.1 Å². The van der Waals surface area contributed by atoms with Crippen LogP contribution in [0, 0.1) is 6.92 Å². The van der Waals surface area contributed by atoms with Crippen LogP contribution in [0.5, 0.6) is 0 Å². The first-order valence-electron chi connectivity index (χ1n) is 5.42. The van der Waals surface area contributed by atoms with E-state index in [0.717, 1.165) is 11.1 Å². The summed E-state index contributed by atoms with van der Waals surface area (Å²) in [6, 6.07) is 7.62. The fourth-order valence-corrected chi connectivity index (χ4v) is 1.66. The molecule has 4 nitrogen and oxygen atoms in total. The van der Waals surface area contributed by atoms with E-state index in [1.807, 2.05) is 38.1 Å². The zero-order chi connectivity index (χ0) is 12.4. The SMILES string of the molecule is CCc1nc(-c2cccc(C)c2)oc1C(=O)O. The Bertz CT molecular complexity index is 558. The van der Waals surface area contributed by atoms with Crippen molar-refractivity contribution < 1.29 is 14.3 Å². The van der Waals surface area contributed by atoms with E-state index in [0.29, 0.717) is 18.0 Å². The summed E-state index contributed by atoms with van der Waals surface area (Å²) in [6.45, 7) is 3.82. The number of nitrogens with zero attached hydrogens (tertiary/aromatic N) is 1. The molecule has 0 unspecified atom stereocenters. The number of oxazole rings is 1. The quantitative estimate of drug-likeness (QED) is 0.882. The summed E-state index contributed by atoms with van der Waals surface area (Å²) in [4.78, 5) is 15.2. The normalized spacial score (nSPS) is 10.5.